The van der Waals surface area contributed by atoms with E-state index in [1.807, 2.05) is 47.3 Å². The molecule has 0 bridgehead atoms. The van der Waals surface area contributed by atoms with E-state index in [1.54, 1.807) is 6.20 Å². The highest BCUT2D eigenvalue weighted by Crippen LogP contribution is 2.28. The summed E-state index contributed by atoms with van der Waals surface area (Å²) in [4.78, 5) is 23.6. The molecule has 4 aromatic rings. The second kappa shape index (κ2) is 10.1. The summed E-state index contributed by atoms with van der Waals surface area (Å²) >= 11 is 0. The molecule has 0 radical (unpaired) electrons. The van der Waals surface area contributed by atoms with Gasteiger partial charge in [0.25, 0.3) is 0 Å². The zero-order valence-electron chi connectivity index (χ0n) is 20.8. The molecular weight excluding hydrogens is 450 g/mol. The highest BCUT2D eigenvalue weighted by Gasteiger charge is 2.27. The minimum atomic E-state index is 0.541. The van der Waals surface area contributed by atoms with Crippen molar-refractivity contribution in [3.63, 3.8) is 0 Å². The van der Waals surface area contributed by atoms with Crippen LogP contribution in [-0.2, 0) is 6.42 Å². The minimum Gasteiger partial charge on any atom is -0.356 e. The molecule has 0 spiro atoms. The third-order valence-corrected chi connectivity index (χ3v) is 7.30. The predicted octanol–water partition coefficient (Wildman–Crippen LogP) is 4.63. The fraction of sp³-hybridized carbons (Fsp3) is 0.407. The minimum absolute atomic E-state index is 0.541. The lowest BCUT2D eigenvalue weighted by Crippen LogP contribution is -2.44. The molecule has 36 heavy (non-hydrogen) atoms. The van der Waals surface area contributed by atoms with Gasteiger partial charge in [-0.2, -0.15) is 9.97 Å². The van der Waals surface area contributed by atoms with Crippen molar-refractivity contribution >= 4 is 34.7 Å². The van der Waals surface area contributed by atoms with Crippen LogP contribution in [0.15, 0.2) is 55.1 Å². The number of imidazole rings is 1. The van der Waals surface area contributed by atoms with Crippen LogP contribution in [0.1, 0.15) is 38.2 Å². The van der Waals surface area contributed by atoms with E-state index in [2.05, 4.69) is 43.4 Å². The van der Waals surface area contributed by atoms with Crippen molar-refractivity contribution in [2.75, 3.05) is 41.7 Å². The van der Waals surface area contributed by atoms with Crippen molar-refractivity contribution < 1.29 is 0 Å². The Morgan fingerprint density at radius 2 is 1.72 bits per heavy atom. The van der Waals surface area contributed by atoms with Gasteiger partial charge in [0.2, 0.25) is 5.95 Å². The maximum absolute atomic E-state index is 4.91. The van der Waals surface area contributed by atoms with Gasteiger partial charge in [0, 0.05) is 61.7 Å². The van der Waals surface area contributed by atoms with Gasteiger partial charge in [0.15, 0.2) is 0 Å². The summed E-state index contributed by atoms with van der Waals surface area (Å²) in [5.74, 6) is 2.97. The summed E-state index contributed by atoms with van der Waals surface area (Å²) in [7, 11) is 0. The second-order valence-corrected chi connectivity index (χ2v) is 9.66. The lowest BCUT2D eigenvalue weighted by atomic mass is 10.0. The molecular formula is C27H33N9. The quantitative estimate of drug-likeness (QED) is 0.393. The molecule has 6 heterocycles. The number of aryl methyl sites for hydroxylation is 1. The molecule has 0 aromatic carbocycles. The third kappa shape index (κ3) is 4.97. The summed E-state index contributed by atoms with van der Waals surface area (Å²) in [6, 6.07) is 10.9. The Hall–Kier alpha value is -3.72. The van der Waals surface area contributed by atoms with Crippen LogP contribution in [0.4, 0.5) is 29.1 Å². The molecule has 0 saturated carbocycles. The SMILES string of the molecule is CCc1ccnc(Nc2nc(Nc3ccn4ccnc4c3)cc(N3CCC(N4CCCC4)CC3)n2)c1. The van der Waals surface area contributed by atoms with Crippen LogP contribution in [0.2, 0.25) is 0 Å². The van der Waals surface area contributed by atoms with Crippen LogP contribution >= 0.6 is 0 Å². The molecule has 2 aliphatic rings. The normalized spacial score (nSPS) is 17.1. The molecule has 9 nitrogen and oxygen atoms in total. The molecule has 9 heteroatoms. The average molecular weight is 484 g/mol. The molecule has 0 unspecified atom stereocenters. The number of nitrogens with zero attached hydrogens (tertiary/aromatic N) is 7. The Morgan fingerprint density at radius 1 is 0.861 bits per heavy atom. The van der Waals surface area contributed by atoms with E-state index in [0.29, 0.717) is 12.0 Å². The Kier molecular flexibility index (Phi) is 6.38. The van der Waals surface area contributed by atoms with Crippen LogP contribution in [-0.4, -0.2) is 61.5 Å². The average Bonchev–Trinajstić information content (AvgIpc) is 3.61. The molecule has 0 amide bonds. The largest absolute Gasteiger partial charge is 0.356 e. The van der Waals surface area contributed by atoms with Gasteiger partial charge >= 0.3 is 0 Å². The second-order valence-electron chi connectivity index (χ2n) is 9.66. The van der Waals surface area contributed by atoms with E-state index in [4.69, 9.17) is 9.97 Å². The Bertz CT molecular complexity index is 1320. The number of hydrogen-bond donors (Lipinski definition) is 2. The van der Waals surface area contributed by atoms with Crippen LogP contribution in [0.25, 0.3) is 5.65 Å². The van der Waals surface area contributed by atoms with Gasteiger partial charge in [0.1, 0.15) is 23.1 Å². The maximum Gasteiger partial charge on any atom is 0.232 e. The number of anilines is 5. The molecule has 0 aliphatic carbocycles. The molecule has 0 atom stereocenters. The number of fused-ring (bicyclic) bond motifs is 1. The monoisotopic (exact) mass is 483 g/mol. The van der Waals surface area contributed by atoms with Crippen molar-refractivity contribution in [2.24, 2.45) is 0 Å². The molecule has 2 aliphatic heterocycles. The van der Waals surface area contributed by atoms with Crippen molar-refractivity contribution in [1.82, 2.24) is 29.2 Å². The van der Waals surface area contributed by atoms with E-state index in [0.717, 1.165) is 48.3 Å². The fourth-order valence-electron chi connectivity index (χ4n) is 5.30. The lowest BCUT2D eigenvalue weighted by molar-refractivity contribution is 0.207. The molecule has 4 aromatic heterocycles. The van der Waals surface area contributed by atoms with Gasteiger partial charge in [-0.3, -0.25) is 0 Å². The summed E-state index contributed by atoms with van der Waals surface area (Å²) in [5.41, 5.74) is 3.04. The van der Waals surface area contributed by atoms with Gasteiger partial charge < -0.3 is 24.8 Å². The van der Waals surface area contributed by atoms with Crippen LogP contribution in [0.3, 0.4) is 0 Å². The van der Waals surface area contributed by atoms with Gasteiger partial charge in [-0.05, 0) is 69.0 Å². The molecule has 2 saturated heterocycles. The van der Waals surface area contributed by atoms with E-state index >= 15 is 0 Å². The Balaban J connectivity index is 1.26. The number of piperidine rings is 1. The number of aromatic nitrogens is 5. The molecule has 6 rings (SSSR count). The van der Waals surface area contributed by atoms with E-state index in [9.17, 15) is 0 Å². The highest BCUT2D eigenvalue weighted by atomic mass is 15.3. The number of hydrogen-bond acceptors (Lipinski definition) is 8. The van der Waals surface area contributed by atoms with Crippen molar-refractivity contribution in [3.8, 4) is 0 Å². The van der Waals surface area contributed by atoms with Crippen LogP contribution < -0.4 is 15.5 Å². The van der Waals surface area contributed by atoms with Gasteiger partial charge in [-0.15, -0.1) is 0 Å². The van der Waals surface area contributed by atoms with Crippen LogP contribution in [0, 0.1) is 0 Å². The molecule has 2 N–H and O–H groups in total. The summed E-state index contributed by atoms with van der Waals surface area (Å²) < 4.78 is 1.99. The number of pyridine rings is 2. The molecule has 2 fully saturated rings. The topological polar surface area (TPSA) is 86.5 Å². The molecule has 186 valence electrons. The first-order valence-electron chi connectivity index (χ1n) is 13.0. The van der Waals surface area contributed by atoms with E-state index < -0.39 is 0 Å². The standard InChI is InChI=1S/C27H33N9/c1-2-20-5-9-28-23(17-20)31-27-32-24(30-21-6-13-36-16-10-29-25(36)18-21)19-26(33-27)35-14-7-22(8-15-35)34-11-3-4-12-34/h5-6,9-10,13,16-19,22H,2-4,7-8,11-12,14-15H2,1H3,(H2,28,30,31,32,33). The maximum atomic E-state index is 4.91. The van der Waals surface area contributed by atoms with E-state index in [1.165, 1.54) is 44.3 Å². The van der Waals surface area contributed by atoms with E-state index in [-0.39, 0.29) is 0 Å². The Labute approximate surface area is 211 Å². The lowest BCUT2D eigenvalue weighted by Gasteiger charge is -2.37. The first kappa shape index (κ1) is 22.7. The Morgan fingerprint density at radius 3 is 2.56 bits per heavy atom. The first-order valence-corrected chi connectivity index (χ1v) is 13.0. The van der Waals surface area contributed by atoms with Crippen molar-refractivity contribution in [2.45, 2.75) is 45.1 Å². The summed E-state index contributed by atoms with van der Waals surface area (Å²) in [6.45, 7) is 6.65. The smallest absolute Gasteiger partial charge is 0.232 e. The number of nitrogens with one attached hydrogen (secondary N) is 2. The van der Waals surface area contributed by atoms with Gasteiger partial charge in [-0.1, -0.05) is 6.92 Å². The first-order chi connectivity index (χ1) is 17.7. The highest BCUT2D eigenvalue weighted by molar-refractivity contribution is 5.65. The number of rotatable bonds is 7. The summed E-state index contributed by atoms with van der Waals surface area (Å²) in [6.07, 6.45) is 13.5. The predicted molar refractivity (Wildman–Crippen MR) is 143 cm³/mol. The van der Waals surface area contributed by atoms with Crippen molar-refractivity contribution in [3.05, 3.63) is 60.7 Å². The van der Waals surface area contributed by atoms with Gasteiger partial charge in [-0.25, -0.2) is 9.97 Å². The van der Waals surface area contributed by atoms with Gasteiger partial charge in [0.05, 0.1) is 0 Å². The van der Waals surface area contributed by atoms with Crippen molar-refractivity contribution in [1.29, 1.82) is 0 Å². The summed E-state index contributed by atoms with van der Waals surface area (Å²) in [5, 5.41) is 6.81. The number of likely N-dealkylation sites (tertiary alicyclic amines) is 1. The zero-order valence-corrected chi connectivity index (χ0v) is 20.8. The third-order valence-electron chi connectivity index (χ3n) is 7.30. The zero-order chi connectivity index (χ0) is 24.3. The van der Waals surface area contributed by atoms with Crippen LogP contribution in [0.5, 0.6) is 0 Å². The fourth-order valence-corrected chi connectivity index (χ4v) is 5.30.